The first-order valence-corrected chi connectivity index (χ1v) is 3.34. The van der Waals surface area contributed by atoms with Gasteiger partial charge in [-0.05, 0) is 12.1 Å². The van der Waals surface area contributed by atoms with E-state index in [0.717, 1.165) is 0 Å². The molecule has 1 aromatic carbocycles. The summed E-state index contributed by atoms with van der Waals surface area (Å²) in [4.78, 5) is 9.86. The molecule has 1 heterocycles. The van der Waals surface area contributed by atoms with E-state index >= 15 is 0 Å². The van der Waals surface area contributed by atoms with E-state index in [-0.39, 0.29) is 6.79 Å². The zero-order chi connectivity index (χ0) is 8.39. The molecule has 1 aliphatic heterocycles. The first-order valence-electron chi connectivity index (χ1n) is 3.34. The molecule has 0 aliphatic carbocycles. The Labute approximate surface area is 68.7 Å². The normalized spacial score (nSPS) is 12.7. The molecule has 0 aromatic heterocycles. The van der Waals surface area contributed by atoms with Crippen LogP contribution < -0.4 is 14.2 Å². The van der Waals surface area contributed by atoms with E-state index in [9.17, 15) is 4.79 Å². The van der Waals surface area contributed by atoms with Gasteiger partial charge in [-0.25, -0.2) is 4.79 Å². The molecule has 2 rings (SSSR count). The summed E-state index contributed by atoms with van der Waals surface area (Å²) in [6.07, 6.45) is 0. The van der Waals surface area contributed by atoms with Gasteiger partial charge in [-0.15, -0.1) is 0 Å². The summed E-state index contributed by atoms with van der Waals surface area (Å²) in [6, 6.07) is 4.86. The van der Waals surface area contributed by atoms with Crippen molar-refractivity contribution in [3.63, 3.8) is 0 Å². The van der Waals surface area contributed by atoms with Crippen LogP contribution in [0.4, 0.5) is 0 Å². The Bertz CT molecular complexity index is 308. The lowest BCUT2D eigenvalue weighted by Crippen LogP contribution is -1.92. The molecule has 1 aromatic rings. The number of ether oxygens (including phenoxy) is 3. The topological polar surface area (TPSA) is 44.8 Å². The number of rotatable bonds is 2. The molecule has 0 spiro atoms. The van der Waals surface area contributed by atoms with Crippen LogP contribution in [0.15, 0.2) is 18.2 Å². The zero-order valence-electron chi connectivity index (χ0n) is 6.07. The average Bonchev–Trinajstić information content (AvgIpc) is 2.51. The van der Waals surface area contributed by atoms with Gasteiger partial charge in [0.15, 0.2) is 11.5 Å². The van der Waals surface area contributed by atoms with Gasteiger partial charge >= 0.3 is 6.47 Å². The fourth-order valence-corrected chi connectivity index (χ4v) is 0.988. The van der Waals surface area contributed by atoms with Crippen LogP contribution in [0.1, 0.15) is 0 Å². The quantitative estimate of drug-likeness (QED) is 0.652. The van der Waals surface area contributed by atoms with Gasteiger partial charge in [-0.1, -0.05) is 0 Å². The maximum atomic E-state index is 9.86. The summed E-state index contributed by atoms with van der Waals surface area (Å²) in [5.74, 6) is 1.64. The van der Waals surface area contributed by atoms with Gasteiger partial charge in [0.1, 0.15) is 5.75 Å². The Kier molecular flexibility index (Phi) is 1.59. The van der Waals surface area contributed by atoms with Crippen molar-refractivity contribution in [2.24, 2.45) is 0 Å². The van der Waals surface area contributed by atoms with Crippen molar-refractivity contribution in [2.45, 2.75) is 0 Å². The SMILES string of the molecule is O=[C]Oc1ccc2c(c1)OCO2. The van der Waals surface area contributed by atoms with Gasteiger partial charge in [0, 0.05) is 6.07 Å². The molecular weight excluding hydrogens is 160 g/mol. The van der Waals surface area contributed by atoms with Crippen LogP contribution in [-0.2, 0) is 4.79 Å². The van der Waals surface area contributed by atoms with Crippen LogP contribution in [0, 0.1) is 0 Å². The van der Waals surface area contributed by atoms with Crippen LogP contribution >= 0.6 is 0 Å². The molecule has 0 amide bonds. The monoisotopic (exact) mass is 165 g/mol. The van der Waals surface area contributed by atoms with Crippen molar-refractivity contribution in [3.05, 3.63) is 18.2 Å². The second kappa shape index (κ2) is 2.73. The van der Waals surface area contributed by atoms with Crippen LogP contribution in [0.3, 0.4) is 0 Å². The lowest BCUT2D eigenvalue weighted by molar-refractivity contribution is 0.174. The van der Waals surface area contributed by atoms with Crippen molar-refractivity contribution in [1.29, 1.82) is 0 Å². The van der Waals surface area contributed by atoms with Gasteiger partial charge in [-0.2, -0.15) is 0 Å². The maximum Gasteiger partial charge on any atom is 0.423 e. The van der Waals surface area contributed by atoms with E-state index < -0.39 is 0 Å². The number of hydrogen-bond acceptors (Lipinski definition) is 4. The van der Waals surface area contributed by atoms with Crippen LogP contribution in [0.5, 0.6) is 17.2 Å². The lowest BCUT2D eigenvalue weighted by Gasteiger charge is -1.97. The largest absolute Gasteiger partial charge is 0.454 e. The predicted octanol–water partition coefficient (Wildman–Crippen LogP) is 0.861. The molecule has 0 saturated heterocycles. The molecule has 0 N–H and O–H groups in total. The molecule has 0 fully saturated rings. The number of fused-ring (bicyclic) bond motifs is 1. The second-order valence-electron chi connectivity index (χ2n) is 2.20. The van der Waals surface area contributed by atoms with Gasteiger partial charge in [0.2, 0.25) is 6.79 Å². The minimum atomic E-state index is 0.212. The Morgan fingerprint density at radius 1 is 1.33 bits per heavy atom. The summed E-state index contributed by atoms with van der Waals surface area (Å²) < 4.78 is 14.6. The molecule has 0 saturated carbocycles. The fourth-order valence-electron chi connectivity index (χ4n) is 0.988. The van der Waals surface area contributed by atoms with E-state index in [1.807, 2.05) is 0 Å². The first kappa shape index (κ1) is 6.97. The minimum absolute atomic E-state index is 0.212. The number of carbonyl (C=O) groups excluding carboxylic acids is 1. The second-order valence-corrected chi connectivity index (χ2v) is 2.20. The third kappa shape index (κ3) is 1.07. The third-order valence-corrected chi connectivity index (χ3v) is 1.50. The van der Waals surface area contributed by atoms with Crippen molar-refractivity contribution < 1.29 is 19.0 Å². The summed E-state index contributed by atoms with van der Waals surface area (Å²) in [5.41, 5.74) is 0. The van der Waals surface area contributed by atoms with E-state index in [1.165, 1.54) is 6.47 Å². The smallest absolute Gasteiger partial charge is 0.423 e. The molecule has 61 valence electrons. The highest BCUT2D eigenvalue weighted by Gasteiger charge is 2.13. The molecule has 12 heavy (non-hydrogen) atoms. The summed E-state index contributed by atoms with van der Waals surface area (Å²) in [5, 5.41) is 0. The van der Waals surface area contributed by atoms with Gasteiger partial charge < -0.3 is 14.2 Å². The summed E-state index contributed by atoms with van der Waals surface area (Å²) >= 11 is 0. The molecule has 0 bridgehead atoms. The van der Waals surface area contributed by atoms with Gasteiger partial charge in [0.05, 0.1) is 0 Å². The van der Waals surface area contributed by atoms with Crippen LogP contribution in [-0.4, -0.2) is 13.3 Å². The molecule has 4 heteroatoms. The van der Waals surface area contributed by atoms with E-state index in [2.05, 4.69) is 4.74 Å². The summed E-state index contributed by atoms with van der Waals surface area (Å²) in [7, 11) is 0. The highest BCUT2D eigenvalue weighted by Crippen LogP contribution is 2.34. The lowest BCUT2D eigenvalue weighted by atomic mass is 10.3. The Hall–Kier alpha value is -1.71. The van der Waals surface area contributed by atoms with Crippen molar-refractivity contribution in [3.8, 4) is 17.2 Å². The predicted molar refractivity (Wildman–Crippen MR) is 38.9 cm³/mol. The molecule has 0 atom stereocenters. The standard InChI is InChI=1S/C8H5O4/c9-4-10-6-1-2-7-8(3-6)12-5-11-7/h1-3H,5H2. The average molecular weight is 165 g/mol. The van der Waals surface area contributed by atoms with Gasteiger partial charge in [0.25, 0.3) is 0 Å². The molecular formula is C8H5O4. The molecule has 1 radical (unpaired) electrons. The zero-order valence-corrected chi connectivity index (χ0v) is 6.07. The first-order chi connectivity index (χ1) is 5.90. The van der Waals surface area contributed by atoms with E-state index in [4.69, 9.17) is 9.47 Å². The van der Waals surface area contributed by atoms with Crippen LogP contribution in [0.2, 0.25) is 0 Å². The molecule has 1 aliphatic rings. The molecule has 4 nitrogen and oxygen atoms in total. The Balaban J connectivity index is 2.32. The molecule has 0 unspecified atom stereocenters. The van der Waals surface area contributed by atoms with Crippen molar-refractivity contribution in [1.82, 2.24) is 0 Å². The van der Waals surface area contributed by atoms with Crippen LogP contribution in [0.25, 0.3) is 0 Å². The van der Waals surface area contributed by atoms with Crippen molar-refractivity contribution >= 4 is 6.47 Å². The third-order valence-electron chi connectivity index (χ3n) is 1.50. The van der Waals surface area contributed by atoms with Gasteiger partial charge in [-0.3, -0.25) is 0 Å². The maximum absolute atomic E-state index is 9.86. The van der Waals surface area contributed by atoms with E-state index in [1.54, 1.807) is 18.2 Å². The number of benzene rings is 1. The Morgan fingerprint density at radius 2 is 2.17 bits per heavy atom. The number of hydrogen-bond donors (Lipinski definition) is 0. The highest BCUT2D eigenvalue weighted by molar-refractivity contribution is 5.52. The van der Waals surface area contributed by atoms with E-state index in [0.29, 0.717) is 17.2 Å². The van der Waals surface area contributed by atoms with Crippen molar-refractivity contribution in [2.75, 3.05) is 6.79 Å². The highest BCUT2D eigenvalue weighted by atomic mass is 16.7. The minimum Gasteiger partial charge on any atom is -0.454 e. The Morgan fingerprint density at radius 3 is 3.00 bits per heavy atom. The summed E-state index contributed by atoms with van der Waals surface area (Å²) in [6.45, 7) is 1.54. The fraction of sp³-hybridized carbons (Fsp3) is 0.125.